The first kappa shape index (κ1) is 12.0. The highest BCUT2D eigenvalue weighted by Crippen LogP contribution is 2.20. The minimum Gasteiger partial charge on any atom is -0.354 e. The molecule has 0 amide bonds. The Hall–Kier alpha value is -2.07. The number of hydrogen-bond donors (Lipinski definition) is 2. The molecule has 19 heavy (non-hydrogen) atoms. The number of thiophene rings is 1. The van der Waals surface area contributed by atoms with Gasteiger partial charge in [0.1, 0.15) is 0 Å². The number of H-pyrrole nitrogens is 2. The van der Waals surface area contributed by atoms with Crippen LogP contribution in [0.15, 0.2) is 23.0 Å². The molecule has 0 aliphatic carbocycles. The second-order valence-electron chi connectivity index (χ2n) is 4.67. The van der Waals surface area contributed by atoms with Crippen LogP contribution in [-0.4, -0.2) is 9.97 Å². The Bertz CT molecular complexity index is 955. The number of aryl methyl sites for hydroxylation is 2. The van der Waals surface area contributed by atoms with E-state index in [1.54, 1.807) is 11.3 Å². The van der Waals surface area contributed by atoms with Gasteiger partial charge in [-0.05, 0) is 43.7 Å². The van der Waals surface area contributed by atoms with Crippen molar-refractivity contribution in [1.29, 1.82) is 0 Å². The quantitative estimate of drug-likeness (QED) is 0.689. The van der Waals surface area contributed by atoms with Crippen LogP contribution in [0.3, 0.4) is 0 Å². The molecular formula is C15H14N2OS. The minimum absolute atomic E-state index is 0.0689. The van der Waals surface area contributed by atoms with Crippen LogP contribution in [0.4, 0.5) is 0 Å². The maximum atomic E-state index is 12.0. The molecule has 96 valence electrons. The molecule has 1 aromatic rings. The lowest BCUT2D eigenvalue weighted by Gasteiger charge is -1.87. The van der Waals surface area contributed by atoms with Crippen LogP contribution >= 0.6 is 11.3 Å². The van der Waals surface area contributed by atoms with E-state index in [-0.39, 0.29) is 5.56 Å². The molecule has 0 radical (unpaired) electrons. The lowest BCUT2D eigenvalue weighted by Crippen LogP contribution is -2.23. The molecule has 2 N–H and O–H groups in total. The molecule has 0 saturated carbocycles. The molecule has 3 heterocycles. The zero-order valence-corrected chi connectivity index (χ0v) is 11.6. The lowest BCUT2D eigenvalue weighted by molar-refractivity contribution is 1.15. The second kappa shape index (κ2) is 4.24. The van der Waals surface area contributed by atoms with Gasteiger partial charge in [-0.3, -0.25) is 4.79 Å². The van der Waals surface area contributed by atoms with Crippen molar-refractivity contribution in [2.75, 3.05) is 0 Å². The highest BCUT2D eigenvalue weighted by atomic mass is 32.1. The molecule has 0 aromatic carbocycles. The molecule has 2 aliphatic rings. The summed E-state index contributed by atoms with van der Waals surface area (Å²) >= 11 is 1.70. The molecule has 0 saturated heterocycles. The Morgan fingerprint density at radius 3 is 2.74 bits per heavy atom. The summed E-state index contributed by atoms with van der Waals surface area (Å²) in [6, 6.07) is 5.83. The third-order valence-electron chi connectivity index (χ3n) is 3.24. The van der Waals surface area contributed by atoms with Crippen LogP contribution in [0.25, 0.3) is 12.7 Å². The fourth-order valence-corrected chi connectivity index (χ4v) is 3.10. The van der Waals surface area contributed by atoms with E-state index in [1.807, 2.05) is 18.2 Å². The number of nitrogens with one attached hydrogen (secondary N) is 2. The van der Waals surface area contributed by atoms with Gasteiger partial charge in [-0.2, -0.15) is 0 Å². The van der Waals surface area contributed by atoms with E-state index in [0.717, 1.165) is 20.9 Å². The van der Waals surface area contributed by atoms with Crippen LogP contribution in [0, 0.1) is 24.5 Å². The van der Waals surface area contributed by atoms with E-state index in [4.69, 9.17) is 0 Å². The highest BCUT2D eigenvalue weighted by Gasteiger charge is 2.02. The summed E-state index contributed by atoms with van der Waals surface area (Å²) in [6.45, 7) is 8.03. The third kappa shape index (κ3) is 2.04. The Balaban J connectivity index is 2.39. The van der Waals surface area contributed by atoms with Crippen molar-refractivity contribution in [2.45, 2.75) is 13.8 Å². The zero-order valence-electron chi connectivity index (χ0n) is 10.8. The third-order valence-corrected chi connectivity index (χ3v) is 4.34. The summed E-state index contributed by atoms with van der Waals surface area (Å²) in [7, 11) is 0. The smallest absolute Gasteiger partial charge is 0.257 e. The average molecular weight is 270 g/mol. The second-order valence-corrected chi connectivity index (χ2v) is 5.96. The number of rotatable bonds is 1. The molecule has 0 unspecified atom stereocenters. The zero-order chi connectivity index (χ0) is 13.6. The average Bonchev–Trinajstić information content (AvgIpc) is 2.82. The normalized spacial score (nSPS) is 12.4. The van der Waals surface area contributed by atoms with Gasteiger partial charge in [-0.25, -0.2) is 0 Å². The van der Waals surface area contributed by atoms with Gasteiger partial charge >= 0.3 is 0 Å². The summed E-state index contributed by atoms with van der Waals surface area (Å²) in [4.78, 5) is 20.4. The fraction of sp³-hybridized carbons (Fsp3) is 0.133. The maximum absolute atomic E-state index is 12.0. The molecule has 4 heteroatoms. The van der Waals surface area contributed by atoms with Crippen molar-refractivity contribution in [3.8, 4) is 0 Å². The van der Waals surface area contributed by atoms with Gasteiger partial charge in [0, 0.05) is 15.1 Å². The largest absolute Gasteiger partial charge is 0.354 e. The summed E-state index contributed by atoms with van der Waals surface area (Å²) in [5.74, 6) is 0. The molecular weight excluding hydrogens is 256 g/mol. The number of aromatic amines is 2. The van der Waals surface area contributed by atoms with E-state index in [1.165, 1.54) is 10.4 Å². The Morgan fingerprint density at radius 1 is 1.26 bits per heavy atom. The molecule has 0 bridgehead atoms. The standard InChI is InChI=1S/C15H14N2OS/c1-8-6-11(19-10(8)3)7-12-14-13(17-15(12)18)5-4-9(2)16-14/h4-7,16H,2H2,1,3H3,(H,17,18). The summed E-state index contributed by atoms with van der Waals surface area (Å²) in [5, 5.41) is 3.09. The van der Waals surface area contributed by atoms with Crippen molar-refractivity contribution < 1.29 is 0 Å². The van der Waals surface area contributed by atoms with Gasteiger partial charge in [0.05, 0.1) is 15.9 Å². The Labute approximate surface area is 113 Å². The van der Waals surface area contributed by atoms with Crippen LogP contribution in [0.5, 0.6) is 0 Å². The lowest BCUT2D eigenvalue weighted by atomic mass is 10.2. The van der Waals surface area contributed by atoms with Crippen LogP contribution < -0.4 is 16.1 Å². The minimum atomic E-state index is -0.0689. The first-order valence-electron chi connectivity index (χ1n) is 6.03. The predicted octanol–water partition coefficient (Wildman–Crippen LogP) is 1.35. The van der Waals surface area contributed by atoms with Crippen LogP contribution in [-0.2, 0) is 0 Å². The van der Waals surface area contributed by atoms with Crippen molar-refractivity contribution >= 4 is 24.0 Å². The number of aromatic nitrogens is 2. The van der Waals surface area contributed by atoms with Gasteiger partial charge in [-0.15, -0.1) is 11.3 Å². The summed E-state index contributed by atoms with van der Waals surface area (Å²) in [5.41, 5.74) is 1.19. The van der Waals surface area contributed by atoms with Crippen molar-refractivity contribution in [2.24, 2.45) is 0 Å². The number of hydrogen-bond acceptors (Lipinski definition) is 2. The van der Waals surface area contributed by atoms with Gasteiger partial charge < -0.3 is 9.97 Å². The molecule has 1 aromatic heterocycles. The maximum Gasteiger partial charge on any atom is 0.257 e. The van der Waals surface area contributed by atoms with E-state index in [0.29, 0.717) is 5.22 Å². The van der Waals surface area contributed by atoms with Gasteiger partial charge in [-0.1, -0.05) is 6.58 Å². The fourth-order valence-electron chi connectivity index (χ4n) is 2.11. The van der Waals surface area contributed by atoms with E-state index < -0.39 is 0 Å². The van der Waals surface area contributed by atoms with E-state index in [2.05, 4.69) is 36.5 Å². The molecule has 3 nitrogen and oxygen atoms in total. The van der Waals surface area contributed by atoms with Crippen LogP contribution in [0.1, 0.15) is 15.3 Å². The molecule has 3 rings (SSSR count). The van der Waals surface area contributed by atoms with Crippen molar-refractivity contribution in [1.82, 2.24) is 9.97 Å². The topological polar surface area (TPSA) is 48.6 Å². The summed E-state index contributed by atoms with van der Waals surface area (Å²) in [6.07, 6.45) is 1.93. The van der Waals surface area contributed by atoms with Gasteiger partial charge in [0.15, 0.2) is 0 Å². The Morgan fingerprint density at radius 2 is 2.05 bits per heavy atom. The SMILES string of the molecule is C=c1ccc2[nH]c(=O)c(=Cc3cc(C)c(C)s3)c=2[nH]1. The molecule has 0 atom stereocenters. The van der Waals surface area contributed by atoms with E-state index in [9.17, 15) is 4.79 Å². The monoisotopic (exact) mass is 270 g/mol. The first-order chi connectivity index (χ1) is 9.04. The van der Waals surface area contributed by atoms with Crippen molar-refractivity contribution in [3.63, 3.8) is 0 Å². The Kier molecular flexibility index (Phi) is 2.68. The van der Waals surface area contributed by atoms with Crippen molar-refractivity contribution in [3.05, 3.63) is 65.1 Å². The van der Waals surface area contributed by atoms with E-state index >= 15 is 0 Å². The molecule has 0 fully saturated rings. The first-order valence-corrected chi connectivity index (χ1v) is 6.85. The predicted molar refractivity (Wildman–Crippen MR) is 78.8 cm³/mol. The molecule has 2 aliphatic heterocycles. The van der Waals surface area contributed by atoms with Crippen LogP contribution in [0.2, 0.25) is 0 Å². The summed E-state index contributed by atoms with van der Waals surface area (Å²) < 4.78 is 0. The molecule has 0 spiro atoms. The van der Waals surface area contributed by atoms with Gasteiger partial charge in [0.2, 0.25) is 0 Å². The highest BCUT2D eigenvalue weighted by molar-refractivity contribution is 7.13. The van der Waals surface area contributed by atoms with Gasteiger partial charge in [0.25, 0.3) is 5.56 Å².